The van der Waals surface area contributed by atoms with Crippen LogP contribution >= 0.6 is 0 Å². The van der Waals surface area contributed by atoms with Gasteiger partial charge in [-0.15, -0.1) is 0 Å². The number of primary amides is 1. The molecule has 0 spiro atoms. The van der Waals surface area contributed by atoms with Crippen molar-refractivity contribution >= 4 is 22.5 Å². The molecule has 3 rings (SSSR count). The number of nitrogens with one attached hydrogen (secondary N) is 1. The minimum atomic E-state index is -0.491. The van der Waals surface area contributed by atoms with Crippen LogP contribution < -0.4 is 21.5 Å². The maximum atomic E-state index is 11.8. The molecule has 146 valence electrons. The van der Waals surface area contributed by atoms with Crippen LogP contribution in [-0.2, 0) is 6.42 Å². The van der Waals surface area contributed by atoms with E-state index in [1.165, 1.54) is 0 Å². The average Bonchev–Trinajstić information content (AvgIpc) is 2.72. The zero-order chi connectivity index (χ0) is 20.1. The number of benzene rings is 2. The highest BCUT2D eigenvalue weighted by molar-refractivity contribution is 6.08. The van der Waals surface area contributed by atoms with E-state index in [2.05, 4.69) is 17.2 Å². The molecule has 0 fully saturated rings. The second kappa shape index (κ2) is 8.71. The van der Waals surface area contributed by atoms with Gasteiger partial charge in [-0.25, -0.2) is 0 Å². The van der Waals surface area contributed by atoms with Gasteiger partial charge in [-0.1, -0.05) is 31.2 Å². The lowest BCUT2D eigenvalue weighted by Crippen LogP contribution is -2.21. The number of aryl methyl sites for hydroxylation is 1. The average molecular weight is 378 g/mol. The highest BCUT2D eigenvalue weighted by atomic mass is 16.5. The number of nitrogens with two attached hydrogens (primary N) is 2. The highest BCUT2D eigenvalue weighted by Gasteiger charge is 2.17. The van der Waals surface area contributed by atoms with Crippen LogP contribution in [0.4, 0.5) is 5.69 Å². The van der Waals surface area contributed by atoms with Gasteiger partial charge in [0, 0.05) is 23.8 Å². The summed E-state index contributed by atoms with van der Waals surface area (Å²) in [6, 6.07) is 13.3. The van der Waals surface area contributed by atoms with E-state index in [0.29, 0.717) is 24.2 Å². The Morgan fingerprint density at radius 3 is 2.54 bits per heavy atom. The summed E-state index contributed by atoms with van der Waals surface area (Å²) in [6.07, 6.45) is 2.59. The molecule has 0 radical (unpaired) electrons. The van der Waals surface area contributed by atoms with Crippen LogP contribution in [0.1, 0.15) is 41.4 Å². The van der Waals surface area contributed by atoms with Crippen LogP contribution in [-0.4, -0.2) is 24.0 Å². The van der Waals surface area contributed by atoms with Gasteiger partial charge in [0.25, 0.3) is 5.91 Å². The van der Waals surface area contributed by atoms with Crippen LogP contribution in [0.5, 0.6) is 5.75 Å². The smallest absolute Gasteiger partial charge is 0.250 e. The number of carbonyl (C=O) groups is 1. The van der Waals surface area contributed by atoms with Crippen molar-refractivity contribution in [1.29, 1.82) is 0 Å². The first-order chi connectivity index (χ1) is 13.6. The number of ether oxygens (including phenoxy) is 1. The minimum Gasteiger partial charge on any atom is -0.494 e. The topological polar surface area (TPSA) is 103 Å². The number of fused-ring (bicyclic) bond motifs is 1. The van der Waals surface area contributed by atoms with E-state index in [1.807, 2.05) is 43.3 Å². The maximum absolute atomic E-state index is 11.8. The first-order valence-corrected chi connectivity index (χ1v) is 9.48. The molecule has 0 bridgehead atoms. The van der Waals surface area contributed by atoms with Crippen molar-refractivity contribution in [1.82, 2.24) is 4.98 Å². The zero-order valence-corrected chi connectivity index (χ0v) is 16.2. The fourth-order valence-electron chi connectivity index (χ4n) is 3.32. The molecule has 1 atom stereocenters. The molecule has 0 saturated heterocycles. The largest absolute Gasteiger partial charge is 0.494 e. The van der Waals surface area contributed by atoms with E-state index in [9.17, 15) is 4.79 Å². The molecule has 1 heterocycles. The molecule has 0 saturated carbocycles. The summed E-state index contributed by atoms with van der Waals surface area (Å²) in [5.74, 6) is 0.340. The van der Waals surface area contributed by atoms with Crippen LogP contribution in [0.15, 0.2) is 48.7 Å². The number of pyridine rings is 1. The number of rotatable bonds is 8. The third-order valence-electron chi connectivity index (χ3n) is 4.77. The van der Waals surface area contributed by atoms with E-state index in [4.69, 9.17) is 16.2 Å². The molecule has 2 aromatic carbocycles. The van der Waals surface area contributed by atoms with Crippen molar-refractivity contribution in [3.8, 4) is 5.75 Å². The number of amides is 1. The Morgan fingerprint density at radius 2 is 1.93 bits per heavy atom. The van der Waals surface area contributed by atoms with Gasteiger partial charge in [-0.05, 0) is 42.7 Å². The number of carbonyl (C=O) groups excluding carboxylic acids is 1. The monoisotopic (exact) mass is 378 g/mol. The normalized spacial score (nSPS) is 12.0. The molecule has 28 heavy (non-hydrogen) atoms. The molecule has 0 unspecified atom stereocenters. The Bertz CT molecular complexity index is 970. The predicted molar refractivity (Wildman–Crippen MR) is 113 cm³/mol. The Kier molecular flexibility index (Phi) is 6.11. The van der Waals surface area contributed by atoms with Crippen LogP contribution in [0.2, 0.25) is 0 Å². The SMILES string of the molecule is CCOc1ccc([C@@H](CN)Nc2c(CC)cnc3c(C(N)=O)cccc23)cc1. The third-order valence-corrected chi connectivity index (χ3v) is 4.77. The summed E-state index contributed by atoms with van der Waals surface area (Å²) in [7, 11) is 0. The lowest BCUT2D eigenvalue weighted by Gasteiger charge is -2.22. The second-order valence-electron chi connectivity index (χ2n) is 6.51. The number of hydrogen-bond acceptors (Lipinski definition) is 5. The summed E-state index contributed by atoms with van der Waals surface area (Å²) in [5.41, 5.74) is 15.7. The molecule has 5 N–H and O–H groups in total. The van der Waals surface area contributed by atoms with Crippen molar-refractivity contribution in [2.24, 2.45) is 11.5 Å². The van der Waals surface area contributed by atoms with Crippen molar-refractivity contribution in [2.45, 2.75) is 26.3 Å². The van der Waals surface area contributed by atoms with E-state index in [1.54, 1.807) is 12.3 Å². The van der Waals surface area contributed by atoms with E-state index in [-0.39, 0.29) is 6.04 Å². The predicted octanol–water partition coefficient (Wildman–Crippen LogP) is 3.41. The number of nitrogens with zero attached hydrogens (tertiary/aromatic N) is 1. The minimum absolute atomic E-state index is 0.0937. The van der Waals surface area contributed by atoms with Crippen molar-refractivity contribution in [2.75, 3.05) is 18.5 Å². The van der Waals surface area contributed by atoms with E-state index < -0.39 is 5.91 Å². The van der Waals surface area contributed by atoms with E-state index in [0.717, 1.165) is 34.4 Å². The van der Waals surface area contributed by atoms with Gasteiger partial charge >= 0.3 is 0 Å². The van der Waals surface area contributed by atoms with Gasteiger partial charge in [0.15, 0.2) is 0 Å². The Labute approximate surface area is 164 Å². The zero-order valence-electron chi connectivity index (χ0n) is 16.2. The van der Waals surface area contributed by atoms with Crippen LogP contribution in [0.25, 0.3) is 10.9 Å². The molecule has 6 nitrogen and oxygen atoms in total. The van der Waals surface area contributed by atoms with Gasteiger partial charge in [0.1, 0.15) is 5.75 Å². The van der Waals surface area contributed by atoms with Gasteiger partial charge in [0.05, 0.1) is 23.7 Å². The number of para-hydroxylation sites is 1. The molecule has 1 aromatic heterocycles. The van der Waals surface area contributed by atoms with Crippen LogP contribution in [0, 0.1) is 0 Å². The molecular formula is C22H26N4O2. The maximum Gasteiger partial charge on any atom is 0.250 e. The molecule has 1 amide bonds. The fourth-order valence-corrected chi connectivity index (χ4v) is 3.32. The number of hydrogen-bond donors (Lipinski definition) is 3. The second-order valence-corrected chi connectivity index (χ2v) is 6.51. The molecular weight excluding hydrogens is 352 g/mol. The van der Waals surface area contributed by atoms with Gasteiger partial charge in [-0.2, -0.15) is 0 Å². The highest BCUT2D eigenvalue weighted by Crippen LogP contribution is 2.31. The lowest BCUT2D eigenvalue weighted by molar-refractivity contribution is 0.100. The van der Waals surface area contributed by atoms with Crippen molar-refractivity contribution < 1.29 is 9.53 Å². The van der Waals surface area contributed by atoms with Crippen molar-refractivity contribution in [3.05, 3.63) is 65.4 Å². The van der Waals surface area contributed by atoms with Crippen LogP contribution in [0.3, 0.4) is 0 Å². The first kappa shape index (κ1) is 19.6. The Morgan fingerprint density at radius 1 is 1.18 bits per heavy atom. The molecule has 0 aliphatic carbocycles. The third kappa shape index (κ3) is 3.92. The molecule has 6 heteroatoms. The standard InChI is InChI=1S/C22H26N4O2/c1-3-14-13-25-21-17(6-5-7-18(21)22(24)27)20(14)26-19(12-23)15-8-10-16(11-9-15)28-4-2/h5-11,13,19H,3-4,12,23H2,1-2H3,(H2,24,27)(H,25,26)/t19-/m1/s1. The number of anilines is 1. The summed E-state index contributed by atoms with van der Waals surface area (Å²) < 4.78 is 5.52. The summed E-state index contributed by atoms with van der Waals surface area (Å²) in [6.45, 7) is 5.07. The number of aromatic nitrogens is 1. The summed E-state index contributed by atoms with van der Waals surface area (Å²) >= 11 is 0. The Balaban J connectivity index is 2.03. The summed E-state index contributed by atoms with van der Waals surface area (Å²) in [5, 5.41) is 4.43. The Hall–Kier alpha value is -3.12. The quantitative estimate of drug-likeness (QED) is 0.557. The van der Waals surface area contributed by atoms with Crippen molar-refractivity contribution in [3.63, 3.8) is 0 Å². The molecule has 0 aliphatic rings. The van der Waals surface area contributed by atoms with Gasteiger partial charge < -0.3 is 21.5 Å². The van der Waals surface area contributed by atoms with E-state index >= 15 is 0 Å². The van der Waals surface area contributed by atoms with Gasteiger partial charge in [-0.3, -0.25) is 9.78 Å². The summed E-state index contributed by atoms with van der Waals surface area (Å²) in [4.78, 5) is 16.3. The fraction of sp³-hybridized carbons (Fsp3) is 0.273. The van der Waals surface area contributed by atoms with Gasteiger partial charge in [0.2, 0.25) is 0 Å². The lowest BCUT2D eigenvalue weighted by atomic mass is 10.0. The molecule has 3 aromatic rings. The first-order valence-electron chi connectivity index (χ1n) is 9.48. The molecule has 0 aliphatic heterocycles.